The molecule has 1 aliphatic heterocycles. The van der Waals surface area contributed by atoms with Crippen LogP contribution in [0.4, 0.5) is 0 Å². The van der Waals surface area contributed by atoms with Crippen molar-refractivity contribution >= 4 is 8.25 Å². The molecular formula is C10H23N2O3P. The molecule has 0 spiro atoms. The van der Waals surface area contributed by atoms with Crippen LogP contribution in [0.2, 0.25) is 0 Å². The van der Waals surface area contributed by atoms with E-state index in [1.54, 1.807) is 13.8 Å². The third-order valence-electron chi connectivity index (χ3n) is 1.87. The van der Waals surface area contributed by atoms with Crippen molar-refractivity contribution < 1.29 is 13.6 Å². The summed E-state index contributed by atoms with van der Waals surface area (Å²) in [6.45, 7) is 8.79. The van der Waals surface area contributed by atoms with Gasteiger partial charge in [-0.1, -0.05) is 0 Å². The zero-order valence-corrected chi connectivity index (χ0v) is 11.6. The second kappa shape index (κ2) is 9.70. The molecule has 1 rings (SSSR count). The molecule has 0 amide bonds. The van der Waals surface area contributed by atoms with E-state index in [1.807, 2.05) is 0 Å². The fourth-order valence-electron chi connectivity index (χ4n) is 1.07. The van der Waals surface area contributed by atoms with Gasteiger partial charge in [-0.3, -0.25) is 4.57 Å². The van der Waals surface area contributed by atoms with Crippen molar-refractivity contribution in [3.05, 3.63) is 12.4 Å². The molecule has 0 saturated carbocycles. The maximum absolute atomic E-state index is 10.4. The Morgan fingerprint density at radius 1 is 1.19 bits per heavy atom. The Kier molecular flexibility index (Phi) is 9.39. The van der Waals surface area contributed by atoms with Gasteiger partial charge in [0.25, 0.3) is 0 Å². The standard InChI is InChI=1S/C6H12N2.C4H11O3P/c1-3-8-5-4-7(2)6-8;1-3-6-8(5)7-4-2/h4-5H,3,6H2,1-2H3;8H,3-4H2,1-2H3. The Hall–Kier alpha value is -0.510. The van der Waals surface area contributed by atoms with E-state index in [4.69, 9.17) is 0 Å². The lowest BCUT2D eigenvalue weighted by Gasteiger charge is -2.14. The van der Waals surface area contributed by atoms with E-state index in [-0.39, 0.29) is 0 Å². The summed E-state index contributed by atoms with van der Waals surface area (Å²) in [5.41, 5.74) is 0. The first-order valence-electron chi connectivity index (χ1n) is 5.56. The number of nitrogens with zero attached hydrogens (tertiary/aromatic N) is 2. The second-order valence-corrected chi connectivity index (χ2v) is 4.29. The quantitative estimate of drug-likeness (QED) is 0.699. The highest BCUT2D eigenvalue weighted by Crippen LogP contribution is 2.21. The van der Waals surface area contributed by atoms with Crippen LogP contribution < -0.4 is 0 Å². The summed E-state index contributed by atoms with van der Waals surface area (Å²) in [4.78, 5) is 4.41. The van der Waals surface area contributed by atoms with Gasteiger partial charge in [-0.2, -0.15) is 0 Å². The third-order valence-corrected chi connectivity index (χ3v) is 2.92. The van der Waals surface area contributed by atoms with E-state index in [1.165, 1.54) is 0 Å². The summed E-state index contributed by atoms with van der Waals surface area (Å²) in [7, 11) is -0.0659. The zero-order valence-electron chi connectivity index (χ0n) is 10.6. The van der Waals surface area contributed by atoms with E-state index in [0.29, 0.717) is 13.2 Å². The van der Waals surface area contributed by atoms with Crippen LogP contribution >= 0.6 is 8.25 Å². The molecule has 96 valence electrons. The van der Waals surface area contributed by atoms with Crippen molar-refractivity contribution in [2.24, 2.45) is 0 Å². The summed E-state index contributed by atoms with van der Waals surface area (Å²) in [5, 5.41) is 0. The average molecular weight is 250 g/mol. The van der Waals surface area contributed by atoms with Crippen LogP contribution in [-0.2, 0) is 13.6 Å². The van der Waals surface area contributed by atoms with Crippen molar-refractivity contribution in [2.75, 3.05) is 33.5 Å². The van der Waals surface area contributed by atoms with Crippen LogP contribution in [0.5, 0.6) is 0 Å². The normalized spacial score (nSPS) is 14.3. The molecule has 0 fully saturated rings. The minimum atomic E-state index is -2.14. The summed E-state index contributed by atoms with van der Waals surface area (Å²) in [6.07, 6.45) is 4.20. The molecule has 0 aliphatic carbocycles. The van der Waals surface area contributed by atoms with E-state index >= 15 is 0 Å². The lowest BCUT2D eigenvalue weighted by atomic mass is 10.6. The molecule has 1 heterocycles. The highest BCUT2D eigenvalue weighted by atomic mass is 31.1. The topological polar surface area (TPSA) is 42.0 Å². The molecule has 0 saturated heterocycles. The lowest BCUT2D eigenvalue weighted by molar-refractivity contribution is 0.243. The maximum Gasteiger partial charge on any atom is 0.319 e. The zero-order chi connectivity index (χ0) is 12.4. The van der Waals surface area contributed by atoms with Gasteiger partial charge in [0.2, 0.25) is 0 Å². The molecule has 0 aromatic heterocycles. The molecule has 0 unspecified atom stereocenters. The molecule has 0 aromatic carbocycles. The molecule has 1 aliphatic rings. The molecule has 0 aromatic rings. The number of hydrogen-bond donors (Lipinski definition) is 0. The third kappa shape index (κ3) is 7.74. The monoisotopic (exact) mass is 250 g/mol. The summed E-state index contributed by atoms with van der Waals surface area (Å²) >= 11 is 0. The molecule has 0 radical (unpaired) electrons. The predicted octanol–water partition coefficient (Wildman–Crippen LogP) is 2.13. The first-order valence-corrected chi connectivity index (χ1v) is 6.78. The smallest absolute Gasteiger partial charge is 0.319 e. The molecule has 5 nitrogen and oxygen atoms in total. The highest BCUT2D eigenvalue weighted by Gasteiger charge is 2.03. The molecule has 0 bridgehead atoms. The van der Waals surface area contributed by atoms with Crippen molar-refractivity contribution in [1.29, 1.82) is 0 Å². The minimum absolute atomic E-state index is 0.456. The van der Waals surface area contributed by atoms with Gasteiger partial charge in [0, 0.05) is 26.0 Å². The van der Waals surface area contributed by atoms with Gasteiger partial charge in [-0.05, 0) is 20.8 Å². The van der Waals surface area contributed by atoms with Crippen molar-refractivity contribution in [1.82, 2.24) is 9.80 Å². The highest BCUT2D eigenvalue weighted by molar-refractivity contribution is 7.33. The van der Waals surface area contributed by atoms with Gasteiger partial charge in [0.15, 0.2) is 0 Å². The number of hydrogen-bond acceptors (Lipinski definition) is 5. The largest absolute Gasteiger partial charge is 0.362 e. The molecule has 6 heteroatoms. The lowest BCUT2D eigenvalue weighted by Crippen LogP contribution is -2.21. The molecular weight excluding hydrogens is 227 g/mol. The van der Waals surface area contributed by atoms with E-state index in [0.717, 1.165) is 13.2 Å². The van der Waals surface area contributed by atoms with Gasteiger partial charge in [0.05, 0.1) is 19.9 Å². The first kappa shape index (κ1) is 15.5. The molecule has 16 heavy (non-hydrogen) atoms. The van der Waals surface area contributed by atoms with Gasteiger partial charge >= 0.3 is 8.25 Å². The van der Waals surface area contributed by atoms with Crippen LogP contribution in [0.3, 0.4) is 0 Å². The SMILES string of the molecule is CCN1C=CN(C)C1.CCO[PH](=O)OCC. The predicted molar refractivity (Wildman–Crippen MR) is 66.4 cm³/mol. The summed E-state index contributed by atoms with van der Waals surface area (Å²) < 4.78 is 19.6. The Balaban J connectivity index is 0.000000281. The van der Waals surface area contributed by atoms with Gasteiger partial charge in [-0.15, -0.1) is 0 Å². The van der Waals surface area contributed by atoms with Crippen LogP contribution in [-0.4, -0.2) is 43.3 Å². The Morgan fingerprint density at radius 2 is 1.75 bits per heavy atom. The van der Waals surface area contributed by atoms with Gasteiger partial charge < -0.3 is 18.8 Å². The van der Waals surface area contributed by atoms with Gasteiger partial charge in [0.1, 0.15) is 0 Å². The second-order valence-electron chi connectivity index (χ2n) is 3.22. The Morgan fingerprint density at radius 3 is 2.00 bits per heavy atom. The minimum Gasteiger partial charge on any atom is -0.362 e. The fraction of sp³-hybridized carbons (Fsp3) is 0.800. The van der Waals surface area contributed by atoms with Crippen LogP contribution in [0.15, 0.2) is 12.4 Å². The molecule has 0 N–H and O–H groups in total. The van der Waals surface area contributed by atoms with E-state index in [2.05, 4.69) is 45.2 Å². The van der Waals surface area contributed by atoms with Crippen molar-refractivity contribution in [3.8, 4) is 0 Å². The van der Waals surface area contributed by atoms with Gasteiger partial charge in [-0.25, -0.2) is 0 Å². The van der Waals surface area contributed by atoms with E-state index in [9.17, 15) is 4.57 Å². The number of rotatable bonds is 5. The Labute approximate surface area is 99.0 Å². The summed E-state index contributed by atoms with van der Waals surface area (Å²) in [6, 6.07) is 0. The van der Waals surface area contributed by atoms with Crippen LogP contribution in [0.25, 0.3) is 0 Å². The fourth-order valence-corrected chi connectivity index (χ4v) is 1.63. The summed E-state index contributed by atoms with van der Waals surface area (Å²) in [5.74, 6) is 0. The Bertz CT molecular complexity index is 216. The molecule has 0 atom stereocenters. The average Bonchev–Trinajstić information content (AvgIpc) is 2.66. The first-order chi connectivity index (χ1) is 7.63. The van der Waals surface area contributed by atoms with Crippen LogP contribution in [0, 0.1) is 0 Å². The van der Waals surface area contributed by atoms with Crippen LogP contribution in [0.1, 0.15) is 20.8 Å². The van der Waals surface area contributed by atoms with Crippen molar-refractivity contribution in [3.63, 3.8) is 0 Å². The maximum atomic E-state index is 10.4. The van der Waals surface area contributed by atoms with Crippen molar-refractivity contribution in [2.45, 2.75) is 20.8 Å². The van der Waals surface area contributed by atoms with E-state index < -0.39 is 8.25 Å².